The van der Waals surface area contributed by atoms with Gasteiger partial charge in [-0.15, -0.1) is 0 Å². The number of hydrogen-bond donors (Lipinski definition) is 0. The minimum absolute atomic E-state index is 0.0842. The van der Waals surface area contributed by atoms with Crippen molar-refractivity contribution in [1.82, 2.24) is 4.57 Å². The first kappa shape index (κ1) is 17.0. The third-order valence-corrected chi connectivity index (χ3v) is 4.42. The molecular weight excluding hydrogens is 302 g/mol. The Balaban J connectivity index is 3.16. The van der Waals surface area contributed by atoms with Gasteiger partial charge in [0.1, 0.15) is 16.7 Å². The van der Waals surface area contributed by atoms with E-state index in [9.17, 15) is 13.2 Å². The molecule has 0 aliphatic heterocycles. The maximum atomic E-state index is 12.1. The minimum Gasteiger partial charge on any atom is -0.458 e. The highest BCUT2D eigenvalue weighted by molar-refractivity contribution is 8.13. The average molecular weight is 322 g/mol. The molecule has 0 fully saturated rings. The number of ether oxygens (including phenoxy) is 1. The van der Waals surface area contributed by atoms with Crippen molar-refractivity contribution in [2.24, 2.45) is 5.92 Å². The highest BCUT2D eigenvalue weighted by Crippen LogP contribution is 2.23. The van der Waals surface area contributed by atoms with Gasteiger partial charge in [0, 0.05) is 22.9 Å². The first-order chi connectivity index (χ1) is 9.04. The third kappa shape index (κ3) is 3.99. The number of esters is 1. The molecule has 1 unspecified atom stereocenters. The number of carbonyl (C=O) groups is 1. The summed E-state index contributed by atoms with van der Waals surface area (Å²) < 4.78 is 29.6. The summed E-state index contributed by atoms with van der Waals surface area (Å²) in [5.41, 5.74) is 0.187. The number of carbonyl (C=O) groups excluding carboxylic acids is 1. The van der Waals surface area contributed by atoms with Crippen molar-refractivity contribution in [3.63, 3.8) is 0 Å². The summed E-state index contributed by atoms with van der Waals surface area (Å²) in [5, 5.41) is 0. The van der Waals surface area contributed by atoms with Crippen LogP contribution in [-0.4, -0.2) is 25.1 Å². The molecule has 5 nitrogen and oxygen atoms in total. The van der Waals surface area contributed by atoms with Crippen LogP contribution in [0.15, 0.2) is 17.2 Å². The molecule has 0 N–H and O–H groups in total. The number of rotatable bonds is 5. The molecule has 114 valence electrons. The van der Waals surface area contributed by atoms with Crippen molar-refractivity contribution >= 4 is 25.7 Å². The monoisotopic (exact) mass is 321 g/mol. The summed E-state index contributed by atoms with van der Waals surface area (Å²) in [4.78, 5) is 12.0. The second kappa shape index (κ2) is 6.18. The zero-order valence-electron chi connectivity index (χ0n) is 12.3. The summed E-state index contributed by atoms with van der Waals surface area (Å²) >= 11 is 0. The van der Waals surface area contributed by atoms with Gasteiger partial charge in [-0.1, -0.05) is 13.8 Å². The SMILES string of the molecule is CC(C)C(C)OC(=O)c1cc(S(=O)(=O)Cl)cn1C(C)C. The maximum Gasteiger partial charge on any atom is 0.355 e. The number of halogens is 1. The van der Waals surface area contributed by atoms with Crippen molar-refractivity contribution < 1.29 is 17.9 Å². The number of hydrogen-bond acceptors (Lipinski definition) is 4. The van der Waals surface area contributed by atoms with Gasteiger partial charge in [0.05, 0.1) is 0 Å². The van der Waals surface area contributed by atoms with Crippen molar-refractivity contribution in [1.29, 1.82) is 0 Å². The number of aromatic nitrogens is 1. The standard InChI is InChI=1S/C13H20ClNO4S/c1-8(2)10(5)19-13(16)12-6-11(20(14,17)18)7-15(12)9(3)4/h6-10H,1-5H3. The van der Waals surface area contributed by atoms with Crippen LogP contribution < -0.4 is 0 Å². The van der Waals surface area contributed by atoms with Crippen LogP contribution in [0.25, 0.3) is 0 Å². The van der Waals surface area contributed by atoms with E-state index in [1.54, 1.807) is 11.5 Å². The van der Waals surface area contributed by atoms with Gasteiger partial charge < -0.3 is 9.30 Å². The van der Waals surface area contributed by atoms with Crippen LogP contribution in [0, 0.1) is 5.92 Å². The van der Waals surface area contributed by atoms with Crippen LogP contribution in [0.2, 0.25) is 0 Å². The summed E-state index contributed by atoms with van der Waals surface area (Å²) in [5.74, 6) is -0.371. The largest absolute Gasteiger partial charge is 0.458 e. The molecule has 0 spiro atoms. The minimum atomic E-state index is -3.87. The van der Waals surface area contributed by atoms with Crippen LogP contribution in [0.1, 0.15) is 51.1 Å². The van der Waals surface area contributed by atoms with Gasteiger partial charge in [-0.2, -0.15) is 0 Å². The molecule has 1 heterocycles. The topological polar surface area (TPSA) is 65.4 Å². The van der Waals surface area contributed by atoms with Gasteiger partial charge >= 0.3 is 5.97 Å². The Morgan fingerprint density at radius 2 is 1.80 bits per heavy atom. The fraction of sp³-hybridized carbons (Fsp3) is 0.615. The molecule has 1 aromatic rings. The second-order valence-corrected chi connectivity index (χ2v) is 7.92. The summed E-state index contributed by atoms with van der Waals surface area (Å²) in [6.45, 7) is 9.35. The van der Waals surface area contributed by atoms with E-state index in [0.717, 1.165) is 0 Å². The van der Waals surface area contributed by atoms with Crippen LogP contribution in [-0.2, 0) is 13.8 Å². The molecule has 1 atom stereocenters. The lowest BCUT2D eigenvalue weighted by Crippen LogP contribution is -2.22. The molecule has 1 rings (SSSR count). The van der Waals surface area contributed by atoms with E-state index >= 15 is 0 Å². The van der Waals surface area contributed by atoms with Crippen molar-refractivity contribution in [3.05, 3.63) is 18.0 Å². The first-order valence-corrected chi connectivity index (χ1v) is 8.72. The lowest BCUT2D eigenvalue weighted by atomic mass is 10.1. The summed E-state index contributed by atoms with van der Waals surface area (Å²) in [6.07, 6.45) is 1.10. The quantitative estimate of drug-likeness (QED) is 0.617. The lowest BCUT2D eigenvalue weighted by molar-refractivity contribution is 0.0224. The van der Waals surface area contributed by atoms with Crippen molar-refractivity contribution in [2.75, 3.05) is 0 Å². The van der Waals surface area contributed by atoms with Gasteiger partial charge in [-0.3, -0.25) is 0 Å². The highest BCUT2D eigenvalue weighted by Gasteiger charge is 2.24. The lowest BCUT2D eigenvalue weighted by Gasteiger charge is -2.18. The van der Waals surface area contributed by atoms with Crippen LogP contribution in [0.4, 0.5) is 0 Å². The van der Waals surface area contributed by atoms with Crippen molar-refractivity contribution in [3.8, 4) is 0 Å². The molecule has 0 aromatic carbocycles. The van der Waals surface area contributed by atoms with Crippen molar-refractivity contribution in [2.45, 2.75) is 51.7 Å². The maximum absolute atomic E-state index is 12.1. The molecule has 0 amide bonds. The molecule has 0 aliphatic carbocycles. The van der Waals surface area contributed by atoms with E-state index in [-0.39, 0.29) is 28.7 Å². The Morgan fingerprint density at radius 3 is 2.20 bits per heavy atom. The first-order valence-electron chi connectivity index (χ1n) is 6.41. The smallest absolute Gasteiger partial charge is 0.355 e. The predicted molar refractivity (Wildman–Crippen MR) is 77.6 cm³/mol. The van der Waals surface area contributed by atoms with Crippen LogP contribution in [0.5, 0.6) is 0 Å². The molecule has 0 bridgehead atoms. The van der Waals surface area contributed by atoms with Gasteiger partial charge in [0.2, 0.25) is 0 Å². The average Bonchev–Trinajstić information content (AvgIpc) is 2.72. The summed E-state index contributed by atoms with van der Waals surface area (Å²) in [7, 11) is 1.44. The third-order valence-electron chi connectivity index (χ3n) is 3.10. The van der Waals surface area contributed by atoms with E-state index < -0.39 is 15.0 Å². The Labute approximate surface area is 124 Å². The second-order valence-electron chi connectivity index (χ2n) is 5.35. The summed E-state index contributed by atoms with van der Waals surface area (Å²) in [6, 6.07) is 1.16. The molecule has 0 saturated carbocycles. The Kier molecular flexibility index (Phi) is 5.27. The Hall–Kier alpha value is -1.01. The molecule has 7 heteroatoms. The van der Waals surface area contributed by atoms with Gasteiger partial charge in [0.15, 0.2) is 0 Å². The molecule has 0 saturated heterocycles. The molecule has 0 aliphatic rings. The van der Waals surface area contributed by atoms with Gasteiger partial charge in [0.25, 0.3) is 9.05 Å². The van der Waals surface area contributed by atoms with E-state index in [1.807, 2.05) is 27.7 Å². The normalized spacial score (nSPS) is 13.8. The highest BCUT2D eigenvalue weighted by atomic mass is 35.7. The molecular formula is C13H20ClNO4S. The Morgan fingerprint density at radius 1 is 1.25 bits per heavy atom. The zero-order chi connectivity index (χ0) is 15.7. The van der Waals surface area contributed by atoms with E-state index in [1.165, 1.54) is 12.3 Å². The fourth-order valence-electron chi connectivity index (χ4n) is 1.54. The molecule has 1 aromatic heterocycles. The van der Waals surface area contributed by atoms with E-state index in [2.05, 4.69) is 0 Å². The molecule has 0 radical (unpaired) electrons. The van der Waals surface area contributed by atoms with E-state index in [0.29, 0.717) is 0 Å². The van der Waals surface area contributed by atoms with Gasteiger partial charge in [-0.05, 0) is 32.8 Å². The van der Waals surface area contributed by atoms with E-state index in [4.69, 9.17) is 15.4 Å². The number of nitrogens with zero attached hydrogens (tertiary/aromatic N) is 1. The molecule has 20 heavy (non-hydrogen) atoms. The van der Waals surface area contributed by atoms with Crippen LogP contribution >= 0.6 is 10.7 Å². The fourth-order valence-corrected chi connectivity index (χ4v) is 2.29. The van der Waals surface area contributed by atoms with Crippen LogP contribution in [0.3, 0.4) is 0 Å². The van der Waals surface area contributed by atoms with Gasteiger partial charge in [-0.25, -0.2) is 13.2 Å². The Bertz CT molecular complexity index is 590. The predicted octanol–water partition coefficient (Wildman–Crippen LogP) is 3.20. The zero-order valence-corrected chi connectivity index (χ0v) is 13.8.